The Morgan fingerprint density at radius 1 is 1.13 bits per heavy atom. The summed E-state index contributed by atoms with van der Waals surface area (Å²) in [6, 6.07) is 10.5. The van der Waals surface area contributed by atoms with E-state index >= 15 is 0 Å². The molecule has 0 unspecified atom stereocenters. The Morgan fingerprint density at radius 3 is 2.48 bits per heavy atom. The summed E-state index contributed by atoms with van der Waals surface area (Å²) < 4.78 is 5.00. The lowest BCUT2D eigenvalue weighted by molar-refractivity contribution is -0.118. The second-order valence-corrected chi connectivity index (χ2v) is 5.85. The van der Waals surface area contributed by atoms with Crippen LogP contribution in [0.2, 0.25) is 0 Å². The molecule has 0 saturated heterocycles. The molecule has 2 rings (SSSR count). The van der Waals surface area contributed by atoms with Crippen LogP contribution >= 0.6 is 11.3 Å². The maximum Gasteiger partial charge on any atom is 0.348 e. The smallest absolute Gasteiger partial charge is 0.348 e. The average Bonchev–Trinajstić information content (AvgIpc) is 3.07. The van der Waals surface area contributed by atoms with Crippen molar-refractivity contribution in [1.82, 2.24) is 5.32 Å². The van der Waals surface area contributed by atoms with Crippen molar-refractivity contribution in [3.05, 3.63) is 57.8 Å². The Labute approximate surface area is 138 Å². The predicted molar refractivity (Wildman–Crippen MR) is 87.8 cm³/mol. The van der Waals surface area contributed by atoms with Crippen LogP contribution in [0.4, 0.5) is 0 Å². The van der Waals surface area contributed by atoms with E-state index in [4.69, 9.17) is 4.74 Å². The SMILES string of the molecule is CC(=O)NCCc1ccc(C(=O)COC(=O)c2cccs2)cc1. The zero-order valence-electron chi connectivity index (χ0n) is 12.7. The van der Waals surface area contributed by atoms with Crippen LogP contribution in [0.5, 0.6) is 0 Å². The lowest BCUT2D eigenvalue weighted by Crippen LogP contribution is -2.22. The molecule has 5 nitrogen and oxygen atoms in total. The molecule has 0 aliphatic carbocycles. The fraction of sp³-hybridized carbons (Fsp3) is 0.235. The van der Waals surface area contributed by atoms with Gasteiger partial charge in [-0.05, 0) is 23.4 Å². The zero-order valence-corrected chi connectivity index (χ0v) is 13.5. The molecule has 0 atom stereocenters. The molecule has 0 saturated carbocycles. The monoisotopic (exact) mass is 331 g/mol. The largest absolute Gasteiger partial charge is 0.453 e. The molecular weight excluding hydrogens is 314 g/mol. The van der Waals surface area contributed by atoms with E-state index in [0.29, 0.717) is 23.4 Å². The summed E-state index contributed by atoms with van der Waals surface area (Å²) in [5, 5.41) is 4.49. The van der Waals surface area contributed by atoms with Crippen molar-refractivity contribution in [3.63, 3.8) is 0 Å². The summed E-state index contributed by atoms with van der Waals surface area (Å²) in [5.74, 6) is -0.798. The molecule has 6 heteroatoms. The molecule has 120 valence electrons. The van der Waals surface area contributed by atoms with Crippen LogP contribution in [0.1, 0.15) is 32.5 Å². The number of hydrogen-bond acceptors (Lipinski definition) is 5. The number of ketones is 1. The molecule has 0 aliphatic heterocycles. The van der Waals surface area contributed by atoms with Gasteiger partial charge in [0.05, 0.1) is 0 Å². The highest BCUT2D eigenvalue weighted by atomic mass is 32.1. The lowest BCUT2D eigenvalue weighted by Gasteiger charge is -2.05. The van der Waals surface area contributed by atoms with Crippen LogP contribution < -0.4 is 5.32 Å². The molecule has 0 fully saturated rings. The number of hydrogen-bond donors (Lipinski definition) is 1. The quantitative estimate of drug-likeness (QED) is 0.625. The van der Waals surface area contributed by atoms with Crippen molar-refractivity contribution in [1.29, 1.82) is 0 Å². The van der Waals surface area contributed by atoms with E-state index in [9.17, 15) is 14.4 Å². The normalized spacial score (nSPS) is 10.1. The van der Waals surface area contributed by atoms with Gasteiger partial charge in [-0.2, -0.15) is 0 Å². The van der Waals surface area contributed by atoms with Crippen molar-refractivity contribution in [2.45, 2.75) is 13.3 Å². The number of ether oxygens (including phenoxy) is 1. The molecule has 1 aromatic heterocycles. The summed E-state index contributed by atoms with van der Waals surface area (Å²) >= 11 is 1.27. The van der Waals surface area contributed by atoms with Gasteiger partial charge in [0, 0.05) is 19.0 Å². The summed E-state index contributed by atoms with van der Waals surface area (Å²) in [6.45, 7) is 1.75. The van der Waals surface area contributed by atoms with Gasteiger partial charge in [0.15, 0.2) is 12.4 Å². The van der Waals surface area contributed by atoms with Crippen LogP contribution in [0.15, 0.2) is 41.8 Å². The highest BCUT2D eigenvalue weighted by Gasteiger charge is 2.12. The van der Waals surface area contributed by atoms with Gasteiger partial charge in [-0.1, -0.05) is 30.3 Å². The van der Waals surface area contributed by atoms with Gasteiger partial charge in [0.1, 0.15) is 4.88 Å². The van der Waals surface area contributed by atoms with Gasteiger partial charge >= 0.3 is 5.97 Å². The summed E-state index contributed by atoms with van der Waals surface area (Å²) in [4.78, 5) is 34.9. The Kier molecular flexibility index (Phi) is 6.05. The number of carbonyl (C=O) groups is 3. The molecule has 0 bridgehead atoms. The first kappa shape index (κ1) is 16.9. The second kappa shape index (κ2) is 8.24. The number of benzene rings is 1. The number of esters is 1. The van der Waals surface area contributed by atoms with Crippen LogP contribution in [0.25, 0.3) is 0 Å². The van der Waals surface area contributed by atoms with E-state index in [0.717, 1.165) is 5.56 Å². The third-order valence-electron chi connectivity index (χ3n) is 3.12. The van der Waals surface area contributed by atoms with E-state index in [-0.39, 0.29) is 18.3 Å². The molecular formula is C17H17NO4S. The maximum atomic E-state index is 12.0. The van der Waals surface area contributed by atoms with Gasteiger partial charge in [0.2, 0.25) is 5.91 Å². The first-order chi connectivity index (χ1) is 11.1. The highest BCUT2D eigenvalue weighted by Crippen LogP contribution is 2.11. The van der Waals surface area contributed by atoms with E-state index in [2.05, 4.69) is 5.32 Å². The first-order valence-corrected chi connectivity index (χ1v) is 8.01. The number of thiophene rings is 1. The van der Waals surface area contributed by atoms with Gasteiger partial charge in [-0.15, -0.1) is 11.3 Å². The maximum absolute atomic E-state index is 12.0. The molecule has 2 aromatic rings. The van der Waals surface area contributed by atoms with Crippen LogP contribution in [0, 0.1) is 0 Å². The van der Waals surface area contributed by atoms with Crippen molar-refractivity contribution in [3.8, 4) is 0 Å². The number of Topliss-reactive ketones (excluding diaryl/α,β-unsaturated/α-hetero) is 1. The third-order valence-corrected chi connectivity index (χ3v) is 3.97. The fourth-order valence-electron chi connectivity index (χ4n) is 1.92. The summed E-state index contributed by atoms with van der Waals surface area (Å²) in [5.41, 5.74) is 1.51. The standard InChI is InChI=1S/C17H17NO4S/c1-12(19)18-9-8-13-4-6-14(7-5-13)15(20)11-22-17(21)16-3-2-10-23-16/h2-7,10H,8-9,11H2,1H3,(H,18,19). The van der Waals surface area contributed by atoms with Gasteiger partial charge in [-0.25, -0.2) is 4.79 Å². The first-order valence-electron chi connectivity index (χ1n) is 7.13. The van der Waals surface area contributed by atoms with E-state index in [1.165, 1.54) is 18.3 Å². The second-order valence-electron chi connectivity index (χ2n) is 4.91. The Morgan fingerprint density at radius 2 is 1.87 bits per heavy atom. The minimum atomic E-state index is -0.486. The Balaban J connectivity index is 1.82. The van der Waals surface area contributed by atoms with Gasteiger partial charge in [-0.3, -0.25) is 9.59 Å². The minimum Gasteiger partial charge on any atom is -0.453 e. The molecule has 0 aliphatic rings. The number of rotatable bonds is 7. The van der Waals surface area contributed by atoms with E-state index in [1.54, 1.807) is 29.6 Å². The number of nitrogens with one attached hydrogen (secondary N) is 1. The van der Waals surface area contributed by atoms with E-state index < -0.39 is 5.97 Å². The molecule has 1 aromatic carbocycles. The van der Waals surface area contributed by atoms with Crippen LogP contribution in [-0.2, 0) is 16.0 Å². The van der Waals surface area contributed by atoms with Gasteiger partial charge < -0.3 is 10.1 Å². The Hall–Kier alpha value is -2.47. The molecule has 0 radical (unpaired) electrons. The van der Waals surface area contributed by atoms with Crippen molar-refractivity contribution in [2.24, 2.45) is 0 Å². The van der Waals surface area contributed by atoms with Crippen molar-refractivity contribution in [2.75, 3.05) is 13.2 Å². The lowest BCUT2D eigenvalue weighted by atomic mass is 10.1. The average molecular weight is 331 g/mol. The third kappa shape index (κ3) is 5.34. The highest BCUT2D eigenvalue weighted by molar-refractivity contribution is 7.11. The molecule has 0 spiro atoms. The zero-order chi connectivity index (χ0) is 16.7. The molecule has 1 amide bonds. The fourth-order valence-corrected chi connectivity index (χ4v) is 2.54. The Bertz CT molecular complexity index is 677. The van der Waals surface area contributed by atoms with Crippen molar-refractivity contribution >= 4 is 29.0 Å². The minimum absolute atomic E-state index is 0.0654. The predicted octanol–water partition coefficient (Wildman–Crippen LogP) is 2.47. The van der Waals surface area contributed by atoms with Gasteiger partial charge in [0.25, 0.3) is 0 Å². The molecule has 1 heterocycles. The van der Waals surface area contributed by atoms with E-state index in [1.807, 2.05) is 12.1 Å². The topological polar surface area (TPSA) is 72.5 Å². The number of amides is 1. The summed E-state index contributed by atoms with van der Waals surface area (Å²) in [7, 11) is 0. The van der Waals surface area contributed by atoms with Crippen LogP contribution in [-0.4, -0.2) is 30.8 Å². The van der Waals surface area contributed by atoms with Crippen molar-refractivity contribution < 1.29 is 19.1 Å². The van der Waals surface area contributed by atoms with Crippen LogP contribution in [0.3, 0.4) is 0 Å². The number of carbonyl (C=O) groups excluding carboxylic acids is 3. The summed E-state index contributed by atoms with van der Waals surface area (Å²) in [6.07, 6.45) is 0.696. The molecule has 23 heavy (non-hydrogen) atoms. The molecule has 1 N–H and O–H groups in total.